The number of morpholine rings is 1. The van der Waals surface area contributed by atoms with Crippen molar-refractivity contribution in [2.75, 3.05) is 38.5 Å². The molecule has 6 nitrogen and oxygen atoms in total. The third kappa shape index (κ3) is 4.13. The second kappa shape index (κ2) is 6.69. The van der Waals surface area contributed by atoms with Gasteiger partial charge in [-0.25, -0.2) is 17.5 Å². The number of nitrogens with two attached hydrogens (primary N) is 1. The van der Waals surface area contributed by atoms with Gasteiger partial charge in [0.2, 0.25) is 10.0 Å². The summed E-state index contributed by atoms with van der Waals surface area (Å²) in [5.74, 6) is -0.746. The molecule has 2 rings (SSSR count). The highest BCUT2D eigenvalue weighted by Crippen LogP contribution is 2.16. The smallest absolute Gasteiger partial charge is 0.240 e. The van der Waals surface area contributed by atoms with Crippen molar-refractivity contribution in [3.63, 3.8) is 0 Å². The van der Waals surface area contributed by atoms with E-state index in [0.717, 1.165) is 19.2 Å². The van der Waals surface area contributed by atoms with Gasteiger partial charge in [-0.05, 0) is 24.7 Å². The molecule has 1 saturated heterocycles. The largest absolute Gasteiger partial charge is 0.396 e. The van der Waals surface area contributed by atoms with Gasteiger partial charge in [-0.3, -0.25) is 4.90 Å². The van der Waals surface area contributed by atoms with Crippen LogP contribution in [0.3, 0.4) is 0 Å². The molecule has 1 aromatic carbocycles. The Kier molecular flexibility index (Phi) is 5.15. The zero-order chi connectivity index (χ0) is 15.5. The Balaban J connectivity index is 1.99. The Bertz CT molecular complexity index is 594. The topological polar surface area (TPSA) is 84.7 Å². The van der Waals surface area contributed by atoms with Gasteiger partial charge >= 0.3 is 0 Å². The predicted octanol–water partition coefficient (Wildman–Crippen LogP) is 0.407. The van der Waals surface area contributed by atoms with E-state index in [9.17, 15) is 12.8 Å². The van der Waals surface area contributed by atoms with Gasteiger partial charge in [-0.15, -0.1) is 0 Å². The maximum absolute atomic E-state index is 13.4. The van der Waals surface area contributed by atoms with Gasteiger partial charge in [-0.2, -0.15) is 0 Å². The van der Waals surface area contributed by atoms with Crippen LogP contribution in [0.5, 0.6) is 0 Å². The molecule has 1 aliphatic rings. The first kappa shape index (κ1) is 16.2. The quantitative estimate of drug-likeness (QED) is 0.768. The number of benzene rings is 1. The zero-order valence-electron chi connectivity index (χ0n) is 11.9. The first-order chi connectivity index (χ1) is 9.92. The number of hydrogen-bond acceptors (Lipinski definition) is 5. The van der Waals surface area contributed by atoms with Crippen molar-refractivity contribution in [3.8, 4) is 0 Å². The van der Waals surface area contributed by atoms with E-state index >= 15 is 0 Å². The van der Waals surface area contributed by atoms with Crippen molar-refractivity contribution < 1.29 is 17.5 Å². The Labute approximate surface area is 124 Å². The summed E-state index contributed by atoms with van der Waals surface area (Å²) in [6.07, 6.45) is -0.202. The van der Waals surface area contributed by atoms with E-state index in [1.54, 1.807) is 0 Å². The number of nitrogens with zero attached hydrogens (tertiary/aromatic N) is 1. The van der Waals surface area contributed by atoms with Crippen LogP contribution in [-0.2, 0) is 14.8 Å². The highest BCUT2D eigenvalue weighted by molar-refractivity contribution is 7.89. The van der Waals surface area contributed by atoms with Gasteiger partial charge in [0, 0.05) is 19.6 Å². The molecule has 1 aliphatic heterocycles. The fourth-order valence-corrected chi connectivity index (χ4v) is 3.23. The second-order valence-electron chi connectivity index (χ2n) is 4.92. The molecule has 3 N–H and O–H groups in total. The van der Waals surface area contributed by atoms with Gasteiger partial charge in [-0.1, -0.05) is 6.92 Å². The average molecular weight is 317 g/mol. The minimum Gasteiger partial charge on any atom is -0.396 e. The average Bonchev–Trinajstić information content (AvgIpc) is 2.48. The lowest BCUT2D eigenvalue weighted by Crippen LogP contribution is -2.47. The van der Waals surface area contributed by atoms with Crippen molar-refractivity contribution in [1.82, 2.24) is 9.62 Å². The van der Waals surface area contributed by atoms with E-state index in [0.29, 0.717) is 13.2 Å². The van der Waals surface area contributed by atoms with Gasteiger partial charge in [0.05, 0.1) is 23.3 Å². The number of nitrogens with one attached hydrogen (secondary N) is 1. The molecule has 1 unspecified atom stereocenters. The second-order valence-corrected chi connectivity index (χ2v) is 6.69. The van der Waals surface area contributed by atoms with E-state index in [2.05, 4.69) is 9.62 Å². The summed E-state index contributed by atoms with van der Waals surface area (Å²) < 4.78 is 45.5. The van der Waals surface area contributed by atoms with Crippen LogP contribution >= 0.6 is 0 Å². The van der Waals surface area contributed by atoms with Crippen LogP contribution in [0.4, 0.5) is 10.1 Å². The normalized spacial score (nSPS) is 20.6. The summed E-state index contributed by atoms with van der Waals surface area (Å²) in [5, 5.41) is 0. The number of rotatable bonds is 5. The van der Waals surface area contributed by atoms with Crippen molar-refractivity contribution in [2.24, 2.45) is 0 Å². The molecule has 118 valence electrons. The molecule has 21 heavy (non-hydrogen) atoms. The predicted molar refractivity (Wildman–Crippen MR) is 77.9 cm³/mol. The van der Waals surface area contributed by atoms with Crippen LogP contribution in [0.1, 0.15) is 6.92 Å². The number of halogens is 1. The molecule has 1 fully saturated rings. The van der Waals surface area contributed by atoms with Crippen molar-refractivity contribution in [1.29, 1.82) is 0 Å². The van der Waals surface area contributed by atoms with Crippen LogP contribution in [0.2, 0.25) is 0 Å². The highest BCUT2D eigenvalue weighted by Gasteiger charge is 2.22. The van der Waals surface area contributed by atoms with Gasteiger partial charge in [0.25, 0.3) is 0 Å². The summed E-state index contributed by atoms with van der Waals surface area (Å²) >= 11 is 0. The zero-order valence-corrected chi connectivity index (χ0v) is 12.7. The molecule has 0 spiro atoms. The van der Waals surface area contributed by atoms with Crippen LogP contribution < -0.4 is 10.5 Å². The number of likely N-dealkylation sites (N-methyl/N-ethyl adjacent to an activating group) is 1. The fraction of sp³-hybridized carbons (Fsp3) is 0.538. The van der Waals surface area contributed by atoms with Crippen molar-refractivity contribution >= 4 is 15.7 Å². The molecule has 0 bridgehead atoms. The lowest BCUT2D eigenvalue weighted by Gasteiger charge is -2.32. The molecule has 0 aliphatic carbocycles. The number of sulfonamides is 1. The Morgan fingerprint density at radius 2 is 2.29 bits per heavy atom. The SMILES string of the molecule is CCN1CCOC(CNS(=O)(=O)c2ccc(N)c(F)c2)C1. The maximum atomic E-state index is 13.4. The maximum Gasteiger partial charge on any atom is 0.240 e. The van der Waals surface area contributed by atoms with Crippen LogP contribution in [0, 0.1) is 5.82 Å². The number of ether oxygens (including phenoxy) is 1. The highest BCUT2D eigenvalue weighted by atomic mass is 32.2. The Morgan fingerprint density at radius 3 is 2.95 bits per heavy atom. The number of nitrogen functional groups attached to an aromatic ring is 1. The summed E-state index contributed by atoms with van der Waals surface area (Å²) in [6.45, 7) is 5.21. The van der Waals surface area contributed by atoms with E-state index in [1.165, 1.54) is 12.1 Å². The standard InChI is InChI=1S/C13H20FN3O3S/c1-2-17-5-6-20-10(9-17)8-16-21(18,19)11-3-4-13(15)12(14)7-11/h3-4,7,10,16H,2,5-6,8-9,15H2,1H3. The summed E-state index contributed by atoms with van der Waals surface area (Å²) in [5.41, 5.74) is 5.26. The molecule has 0 aromatic heterocycles. The molecule has 0 amide bonds. The molecule has 0 saturated carbocycles. The lowest BCUT2D eigenvalue weighted by molar-refractivity contribution is -0.0229. The van der Waals surface area contributed by atoms with E-state index in [4.69, 9.17) is 10.5 Å². The summed E-state index contributed by atoms with van der Waals surface area (Å²) in [7, 11) is -3.77. The molecular weight excluding hydrogens is 297 g/mol. The molecular formula is C13H20FN3O3S. The Hall–Kier alpha value is -1.22. The number of hydrogen-bond donors (Lipinski definition) is 2. The summed E-state index contributed by atoms with van der Waals surface area (Å²) in [6, 6.07) is 3.43. The Morgan fingerprint density at radius 1 is 1.52 bits per heavy atom. The molecule has 1 atom stereocenters. The first-order valence-corrected chi connectivity index (χ1v) is 8.29. The first-order valence-electron chi connectivity index (χ1n) is 6.81. The summed E-state index contributed by atoms with van der Waals surface area (Å²) in [4.78, 5) is 2.04. The monoisotopic (exact) mass is 317 g/mol. The van der Waals surface area contributed by atoms with E-state index < -0.39 is 15.8 Å². The molecule has 8 heteroatoms. The lowest BCUT2D eigenvalue weighted by atomic mass is 10.3. The van der Waals surface area contributed by atoms with Gasteiger partial charge in [0.1, 0.15) is 5.82 Å². The minimum atomic E-state index is -3.77. The van der Waals surface area contributed by atoms with Gasteiger partial charge < -0.3 is 10.5 Å². The fourth-order valence-electron chi connectivity index (χ4n) is 2.15. The third-order valence-corrected chi connectivity index (χ3v) is 4.87. The van der Waals surface area contributed by atoms with Crippen molar-refractivity contribution in [3.05, 3.63) is 24.0 Å². The van der Waals surface area contributed by atoms with Crippen LogP contribution in [0.25, 0.3) is 0 Å². The van der Waals surface area contributed by atoms with E-state index in [1.807, 2.05) is 6.92 Å². The third-order valence-electron chi connectivity index (χ3n) is 3.45. The number of anilines is 1. The van der Waals surface area contributed by atoms with Crippen LogP contribution in [-0.4, -0.2) is 52.2 Å². The van der Waals surface area contributed by atoms with Crippen molar-refractivity contribution in [2.45, 2.75) is 17.9 Å². The molecule has 1 aromatic rings. The van der Waals surface area contributed by atoms with E-state index in [-0.39, 0.29) is 23.2 Å². The molecule has 0 radical (unpaired) electrons. The minimum absolute atomic E-state index is 0.0804. The molecule has 1 heterocycles. The van der Waals surface area contributed by atoms with Gasteiger partial charge in [0.15, 0.2) is 0 Å². The van der Waals surface area contributed by atoms with Crippen LogP contribution in [0.15, 0.2) is 23.1 Å².